The van der Waals surface area contributed by atoms with Crippen molar-refractivity contribution in [2.45, 2.75) is 25.0 Å². The molecule has 0 aromatic rings. The van der Waals surface area contributed by atoms with Crippen LogP contribution in [0.25, 0.3) is 0 Å². The molecule has 0 aromatic carbocycles. The molecule has 1 aliphatic rings. The molecule has 1 rings (SSSR count). The van der Waals surface area contributed by atoms with Gasteiger partial charge in [0.2, 0.25) is 0 Å². The summed E-state index contributed by atoms with van der Waals surface area (Å²) in [6.45, 7) is 3.27. The predicted molar refractivity (Wildman–Crippen MR) is 58.2 cm³/mol. The second kappa shape index (κ2) is 5.66. The molecule has 3 N–H and O–H groups in total. The van der Waals surface area contributed by atoms with Crippen LogP contribution in [-0.4, -0.2) is 67.3 Å². The Balaban J connectivity index is 2.22. The topological polar surface area (TPSA) is 52.7 Å². The Labute approximate surface area is 86.7 Å². The van der Waals surface area contributed by atoms with Crippen LogP contribution in [0.2, 0.25) is 0 Å². The van der Waals surface area contributed by atoms with E-state index in [0.717, 1.165) is 19.6 Å². The highest BCUT2D eigenvalue weighted by molar-refractivity contribution is 4.78. The van der Waals surface area contributed by atoms with E-state index in [2.05, 4.69) is 23.9 Å². The molecule has 0 saturated carbocycles. The average Bonchev–Trinajstić information content (AvgIpc) is 2.18. The normalized spacial score (nSPS) is 22.9. The van der Waals surface area contributed by atoms with Gasteiger partial charge in [0.05, 0.1) is 6.10 Å². The van der Waals surface area contributed by atoms with Gasteiger partial charge in [0.25, 0.3) is 0 Å². The first-order valence-corrected chi connectivity index (χ1v) is 5.40. The predicted octanol–water partition coefficient (Wildman–Crippen LogP) is -0.668. The highest BCUT2D eigenvalue weighted by Gasteiger charge is 2.21. The number of hydrogen-bond donors (Lipinski definition) is 2. The maximum absolute atomic E-state index is 9.41. The molecule has 0 aliphatic carbocycles. The largest absolute Gasteiger partial charge is 0.390 e. The summed E-state index contributed by atoms with van der Waals surface area (Å²) in [7, 11) is 4.27. The highest BCUT2D eigenvalue weighted by Crippen LogP contribution is 2.13. The minimum absolute atomic E-state index is 0.356. The second-order valence-electron chi connectivity index (χ2n) is 4.38. The molecule has 0 radical (unpaired) electrons. The van der Waals surface area contributed by atoms with E-state index in [-0.39, 0.29) is 6.10 Å². The number of nitrogens with zero attached hydrogens (tertiary/aromatic N) is 2. The van der Waals surface area contributed by atoms with E-state index in [0.29, 0.717) is 12.6 Å². The van der Waals surface area contributed by atoms with Crippen molar-refractivity contribution in [3.05, 3.63) is 0 Å². The van der Waals surface area contributed by atoms with E-state index >= 15 is 0 Å². The van der Waals surface area contributed by atoms with Gasteiger partial charge in [0.15, 0.2) is 0 Å². The first-order chi connectivity index (χ1) is 6.63. The lowest BCUT2D eigenvalue weighted by molar-refractivity contribution is 0.0840. The first-order valence-electron chi connectivity index (χ1n) is 5.40. The number of aliphatic hydroxyl groups is 1. The fourth-order valence-electron chi connectivity index (χ4n) is 1.99. The maximum Gasteiger partial charge on any atom is 0.0789 e. The van der Waals surface area contributed by atoms with Crippen molar-refractivity contribution in [2.24, 2.45) is 5.73 Å². The van der Waals surface area contributed by atoms with E-state index < -0.39 is 0 Å². The molecule has 1 fully saturated rings. The van der Waals surface area contributed by atoms with Crippen LogP contribution in [0.4, 0.5) is 0 Å². The number of aliphatic hydroxyl groups excluding tert-OH is 1. The molecule has 1 atom stereocenters. The van der Waals surface area contributed by atoms with Gasteiger partial charge in [-0.15, -0.1) is 0 Å². The van der Waals surface area contributed by atoms with Gasteiger partial charge in [-0.05, 0) is 40.0 Å². The van der Waals surface area contributed by atoms with Crippen molar-refractivity contribution in [3.8, 4) is 0 Å². The minimum Gasteiger partial charge on any atom is -0.390 e. The van der Waals surface area contributed by atoms with Crippen LogP contribution in [0.5, 0.6) is 0 Å². The van der Waals surface area contributed by atoms with Crippen LogP contribution in [-0.2, 0) is 0 Å². The SMILES string of the molecule is CN(C)C1CCN(CC(O)CN)CC1. The summed E-state index contributed by atoms with van der Waals surface area (Å²) < 4.78 is 0. The summed E-state index contributed by atoms with van der Waals surface area (Å²) in [5.41, 5.74) is 5.38. The highest BCUT2D eigenvalue weighted by atomic mass is 16.3. The van der Waals surface area contributed by atoms with Gasteiger partial charge in [0.1, 0.15) is 0 Å². The smallest absolute Gasteiger partial charge is 0.0789 e. The van der Waals surface area contributed by atoms with Gasteiger partial charge < -0.3 is 20.6 Å². The molecule has 1 unspecified atom stereocenters. The number of likely N-dealkylation sites (tertiary alicyclic amines) is 1. The molecule has 1 aliphatic heterocycles. The Morgan fingerprint density at radius 2 is 2.00 bits per heavy atom. The monoisotopic (exact) mass is 201 g/mol. The number of nitrogens with two attached hydrogens (primary N) is 1. The van der Waals surface area contributed by atoms with E-state index in [9.17, 15) is 5.11 Å². The van der Waals surface area contributed by atoms with Crippen LogP contribution < -0.4 is 5.73 Å². The molecule has 0 amide bonds. The van der Waals surface area contributed by atoms with E-state index in [1.165, 1.54) is 12.8 Å². The maximum atomic E-state index is 9.41. The molecule has 4 heteroatoms. The Morgan fingerprint density at radius 1 is 1.43 bits per heavy atom. The molecule has 0 spiro atoms. The van der Waals surface area contributed by atoms with Crippen LogP contribution in [0, 0.1) is 0 Å². The molecule has 0 aromatic heterocycles. The Hall–Kier alpha value is -0.160. The number of β-amino-alcohol motifs (C(OH)–C–C–N with tert-alkyl or cyclic N) is 1. The molecule has 1 heterocycles. The van der Waals surface area contributed by atoms with Crippen molar-refractivity contribution >= 4 is 0 Å². The molecule has 1 saturated heterocycles. The lowest BCUT2D eigenvalue weighted by atomic mass is 10.0. The van der Waals surface area contributed by atoms with Gasteiger partial charge in [-0.25, -0.2) is 0 Å². The number of piperidine rings is 1. The average molecular weight is 201 g/mol. The van der Waals surface area contributed by atoms with Crippen molar-refractivity contribution in [1.82, 2.24) is 9.80 Å². The zero-order valence-electron chi connectivity index (χ0n) is 9.32. The minimum atomic E-state index is -0.356. The lowest BCUT2D eigenvalue weighted by Crippen LogP contribution is -2.45. The summed E-state index contributed by atoms with van der Waals surface area (Å²) in [6.07, 6.45) is 2.04. The van der Waals surface area contributed by atoms with Crippen molar-refractivity contribution in [2.75, 3.05) is 40.3 Å². The zero-order chi connectivity index (χ0) is 10.6. The number of hydrogen-bond acceptors (Lipinski definition) is 4. The summed E-state index contributed by atoms with van der Waals surface area (Å²) >= 11 is 0. The van der Waals surface area contributed by atoms with Crippen molar-refractivity contribution < 1.29 is 5.11 Å². The molecule has 0 bridgehead atoms. The summed E-state index contributed by atoms with van der Waals surface area (Å²) in [5, 5.41) is 9.41. The van der Waals surface area contributed by atoms with Crippen molar-refractivity contribution in [3.63, 3.8) is 0 Å². The molecule has 14 heavy (non-hydrogen) atoms. The standard InChI is InChI=1S/C10H23N3O/c1-12(2)9-3-5-13(6-4-9)8-10(14)7-11/h9-10,14H,3-8,11H2,1-2H3. The molecular weight excluding hydrogens is 178 g/mol. The van der Waals surface area contributed by atoms with Crippen LogP contribution >= 0.6 is 0 Å². The Kier molecular flexibility index (Phi) is 4.81. The van der Waals surface area contributed by atoms with Gasteiger partial charge in [0, 0.05) is 19.1 Å². The Morgan fingerprint density at radius 3 is 2.43 bits per heavy atom. The molecule has 84 valence electrons. The van der Waals surface area contributed by atoms with Gasteiger partial charge in [-0.2, -0.15) is 0 Å². The summed E-state index contributed by atoms with van der Waals surface area (Å²) in [6, 6.07) is 0.710. The number of rotatable bonds is 4. The third-order valence-electron chi connectivity index (χ3n) is 3.03. The fraction of sp³-hybridized carbons (Fsp3) is 1.00. The first kappa shape index (κ1) is 11.9. The van der Waals surface area contributed by atoms with Crippen LogP contribution in [0.3, 0.4) is 0 Å². The van der Waals surface area contributed by atoms with Gasteiger partial charge in [-0.3, -0.25) is 0 Å². The fourth-order valence-corrected chi connectivity index (χ4v) is 1.99. The summed E-state index contributed by atoms with van der Waals surface area (Å²) in [4.78, 5) is 4.59. The van der Waals surface area contributed by atoms with Crippen LogP contribution in [0.1, 0.15) is 12.8 Å². The van der Waals surface area contributed by atoms with E-state index in [1.54, 1.807) is 0 Å². The summed E-state index contributed by atoms with van der Waals surface area (Å²) in [5.74, 6) is 0. The zero-order valence-corrected chi connectivity index (χ0v) is 9.32. The molecule has 4 nitrogen and oxygen atoms in total. The lowest BCUT2D eigenvalue weighted by Gasteiger charge is -2.35. The Bertz CT molecular complexity index is 155. The molecular formula is C10H23N3O. The third kappa shape index (κ3) is 3.53. The van der Waals surface area contributed by atoms with Gasteiger partial charge in [-0.1, -0.05) is 0 Å². The van der Waals surface area contributed by atoms with Gasteiger partial charge >= 0.3 is 0 Å². The van der Waals surface area contributed by atoms with Crippen molar-refractivity contribution in [1.29, 1.82) is 0 Å². The van der Waals surface area contributed by atoms with Crippen LogP contribution in [0.15, 0.2) is 0 Å². The second-order valence-corrected chi connectivity index (χ2v) is 4.38. The van der Waals surface area contributed by atoms with E-state index in [1.807, 2.05) is 0 Å². The quantitative estimate of drug-likeness (QED) is 0.633. The van der Waals surface area contributed by atoms with E-state index in [4.69, 9.17) is 5.73 Å². The third-order valence-corrected chi connectivity index (χ3v) is 3.03.